The summed E-state index contributed by atoms with van der Waals surface area (Å²) >= 11 is 0. The molecule has 0 aromatic carbocycles. The smallest absolute Gasteiger partial charge is 0.346 e. The van der Waals surface area contributed by atoms with Crippen molar-refractivity contribution in [1.82, 2.24) is 49.4 Å². The summed E-state index contributed by atoms with van der Waals surface area (Å²) in [7, 11) is 0. The third-order valence-electron chi connectivity index (χ3n) is 8.92. The number of carbonyl (C=O) groups excluding carboxylic acids is 1. The molecule has 0 spiro atoms. The summed E-state index contributed by atoms with van der Waals surface area (Å²) in [5.41, 5.74) is 8.40. The normalized spacial score (nSPS) is 19.9. The van der Waals surface area contributed by atoms with Crippen LogP contribution < -0.4 is 5.73 Å². The summed E-state index contributed by atoms with van der Waals surface area (Å²) in [6.07, 6.45) is 4.83. The van der Waals surface area contributed by atoms with Crippen molar-refractivity contribution in [3.8, 4) is 11.3 Å². The van der Waals surface area contributed by atoms with Crippen molar-refractivity contribution < 1.29 is 18.0 Å². The first-order valence-corrected chi connectivity index (χ1v) is 14.5. The first-order valence-electron chi connectivity index (χ1n) is 14.5. The predicted octanol–water partition coefficient (Wildman–Crippen LogP) is 2.11. The lowest BCUT2D eigenvalue weighted by molar-refractivity contribution is -0.145. The van der Waals surface area contributed by atoms with Crippen molar-refractivity contribution in [2.24, 2.45) is 5.73 Å². The van der Waals surface area contributed by atoms with Gasteiger partial charge in [0.25, 0.3) is 5.91 Å². The van der Waals surface area contributed by atoms with Gasteiger partial charge in [-0.15, -0.1) is 0 Å². The Hall–Kier alpha value is -3.95. The highest BCUT2D eigenvalue weighted by molar-refractivity contribution is 5.92. The van der Waals surface area contributed by atoms with Crippen molar-refractivity contribution in [1.29, 1.82) is 0 Å². The molecule has 3 aliphatic rings. The zero-order chi connectivity index (χ0) is 29.8. The minimum Gasteiger partial charge on any atom is -0.346 e. The number of likely N-dealkylation sites (tertiary alicyclic amines) is 3. The van der Waals surface area contributed by atoms with E-state index in [1.54, 1.807) is 11.1 Å². The average Bonchev–Trinajstić information content (AvgIpc) is 3.65. The van der Waals surface area contributed by atoms with Crippen molar-refractivity contribution >= 4 is 16.9 Å². The summed E-state index contributed by atoms with van der Waals surface area (Å²) in [6.45, 7) is 4.62. The summed E-state index contributed by atoms with van der Waals surface area (Å²) in [5, 5.41) is 5.57. The van der Waals surface area contributed by atoms with Crippen LogP contribution in [0.5, 0.6) is 0 Å². The number of amides is 1. The number of alkyl halides is 3. The fourth-order valence-electron chi connectivity index (χ4n) is 6.32. The zero-order valence-electron chi connectivity index (χ0n) is 23.5. The molecular weight excluding hydrogens is 563 g/mol. The molecular formula is C28H32F3N11O. The fourth-order valence-corrected chi connectivity index (χ4v) is 6.32. The highest BCUT2D eigenvalue weighted by atomic mass is 19.4. The Morgan fingerprint density at radius 2 is 1.91 bits per heavy atom. The van der Waals surface area contributed by atoms with E-state index in [0.717, 1.165) is 41.8 Å². The average molecular weight is 596 g/mol. The minimum absolute atomic E-state index is 0.197. The Morgan fingerprint density at radius 3 is 2.60 bits per heavy atom. The van der Waals surface area contributed by atoms with Gasteiger partial charge < -0.3 is 15.6 Å². The molecule has 0 radical (unpaired) electrons. The van der Waals surface area contributed by atoms with Gasteiger partial charge in [0.15, 0.2) is 0 Å². The number of hydrogen-bond donors (Lipinski definition) is 2. The molecule has 43 heavy (non-hydrogen) atoms. The van der Waals surface area contributed by atoms with Gasteiger partial charge in [0.2, 0.25) is 5.82 Å². The molecule has 0 bridgehead atoms. The van der Waals surface area contributed by atoms with E-state index in [2.05, 4.69) is 34.9 Å². The molecule has 226 valence electrons. The number of nitrogens with two attached hydrogens (primary N) is 1. The van der Waals surface area contributed by atoms with Crippen LogP contribution in [0.15, 0.2) is 37.1 Å². The highest BCUT2D eigenvalue weighted by Gasteiger charge is 2.47. The van der Waals surface area contributed by atoms with Crippen LogP contribution in [0, 0.1) is 0 Å². The lowest BCUT2D eigenvalue weighted by atomic mass is 9.86. The van der Waals surface area contributed by atoms with Crippen molar-refractivity contribution in [3.05, 3.63) is 54.3 Å². The Kier molecular flexibility index (Phi) is 6.90. The van der Waals surface area contributed by atoms with Gasteiger partial charge >= 0.3 is 6.18 Å². The molecule has 3 saturated heterocycles. The zero-order valence-corrected chi connectivity index (χ0v) is 23.5. The van der Waals surface area contributed by atoms with Gasteiger partial charge in [-0.05, 0) is 44.5 Å². The molecule has 15 heteroatoms. The van der Waals surface area contributed by atoms with Crippen LogP contribution in [0.2, 0.25) is 0 Å². The predicted molar refractivity (Wildman–Crippen MR) is 150 cm³/mol. The molecule has 0 aliphatic carbocycles. The number of aromatic nitrogens is 7. The van der Waals surface area contributed by atoms with Gasteiger partial charge in [-0.2, -0.15) is 18.3 Å². The number of carbonyl (C=O) groups is 1. The van der Waals surface area contributed by atoms with Gasteiger partial charge in [0, 0.05) is 68.7 Å². The van der Waals surface area contributed by atoms with Crippen molar-refractivity contribution in [2.75, 3.05) is 45.8 Å². The summed E-state index contributed by atoms with van der Waals surface area (Å²) in [4.78, 5) is 38.4. The number of rotatable bonds is 7. The van der Waals surface area contributed by atoms with Crippen LogP contribution in [0.25, 0.3) is 22.3 Å². The standard InChI is InChI=1S/C28H32F3N11O/c29-28(30,31)26-37-19(13-39-6-1-7-39)10-22(38-26)25(43)40-8-3-20(4-9-40)41-15-27(14-32,16-41)42-12-18(11-36-42)23-21-2-5-33-24(21)35-17-34-23/h2,5,10-12,17,20H,1,3-4,6-9,13-16,32H2,(H,33,34,35). The quantitative estimate of drug-likeness (QED) is 0.329. The van der Waals surface area contributed by atoms with Gasteiger partial charge in [0.1, 0.15) is 23.2 Å². The van der Waals surface area contributed by atoms with Gasteiger partial charge in [-0.1, -0.05) is 0 Å². The van der Waals surface area contributed by atoms with Crippen LogP contribution in [0.4, 0.5) is 13.2 Å². The summed E-state index contributed by atoms with van der Waals surface area (Å²) in [6, 6.07) is 3.58. The van der Waals surface area contributed by atoms with Crippen LogP contribution in [-0.4, -0.2) is 107 Å². The Labute approximate surface area is 245 Å². The van der Waals surface area contributed by atoms with Gasteiger partial charge in [-0.25, -0.2) is 19.9 Å². The van der Waals surface area contributed by atoms with E-state index in [9.17, 15) is 18.0 Å². The maximum Gasteiger partial charge on any atom is 0.451 e. The summed E-state index contributed by atoms with van der Waals surface area (Å²) < 4.78 is 42.5. The minimum atomic E-state index is -4.72. The Morgan fingerprint density at radius 1 is 1.12 bits per heavy atom. The Balaban J connectivity index is 0.994. The van der Waals surface area contributed by atoms with Crippen LogP contribution in [0.3, 0.4) is 0 Å². The van der Waals surface area contributed by atoms with Gasteiger partial charge in [0.05, 0.1) is 17.6 Å². The van der Waals surface area contributed by atoms with E-state index in [1.807, 2.05) is 28.0 Å². The molecule has 3 fully saturated rings. The van der Waals surface area contributed by atoms with Crippen molar-refractivity contribution in [2.45, 2.75) is 43.6 Å². The number of nitrogens with one attached hydrogen (secondary N) is 1. The van der Waals surface area contributed by atoms with Crippen LogP contribution in [-0.2, 0) is 18.3 Å². The number of halogens is 3. The third kappa shape index (κ3) is 5.14. The van der Waals surface area contributed by atoms with E-state index in [0.29, 0.717) is 45.6 Å². The lowest BCUT2D eigenvalue weighted by Gasteiger charge is -2.54. The number of piperidine rings is 1. The molecule has 1 amide bonds. The fraction of sp³-hybridized carbons (Fsp3) is 0.500. The van der Waals surface area contributed by atoms with E-state index in [-0.39, 0.29) is 29.5 Å². The molecule has 7 heterocycles. The molecule has 4 aromatic heterocycles. The lowest BCUT2D eigenvalue weighted by Crippen LogP contribution is -2.69. The van der Waals surface area contributed by atoms with E-state index >= 15 is 0 Å². The first kappa shape index (κ1) is 27.9. The molecule has 0 unspecified atom stereocenters. The third-order valence-corrected chi connectivity index (χ3v) is 8.92. The van der Waals surface area contributed by atoms with Crippen LogP contribution >= 0.6 is 0 Å². The SMILES string of the molecule is NCC1(n2cc(-c3ncnc4[nH]ccc34)cn2)CN(C2CCN(C(=O)c3cc(CN4CCC4)nc(C(F)(F)F)n3)CC2)C1. The maximum absolute atomic E-state index is 13.5. The van der Waals surface area contributed by atoms with E-state index in [1.165, 1.54) is 12.4 Å². The largest absolute Gasteiger partial charge is 0.451 e. The van der Waals surface area contributed by atoms with E-state index in [4.69, 9.17) is 5.73 Å². The number of nitrogens with zero attached hydrogens (tertiary/aromatic N) is 9. The second-order valence-electron chi connectivity index (χ2n) is 11.7. The second-order valence-corrected chi connectivity index (χ2v) is 11.7. The second kappa shape index (κ2) is 10.6. The number of fused-ring (bicyclic) bond motifs is 1. The molecule has 0 saturated carbocycles. The Bertz CT molecular complexity index is 1630. The summed E-state index contributed by atoms with van der Waals surface area (Å²) in [5.74, 6) is -1.75. The van der Waals surface area contributed by atoms with Crippen molar-refractivity contribution in [3.63, 3.8) is 0 Å². The number of hydrogen-bond acceptors (Lipinski definition) is 9. The molecule has 12 nitrogen and oxygen atoms in total. The molecule has 3 aliphatic heterocycles. The first-order chi connectivity index (χ1) is 20.7. The maximum atomic E-state index is 13.5. The monoisotopic (exact) mass is 595 g/mol. The molecule has 4 aromatic rings. The number of H-pyrrole nitrogens is 1. The van der Waals surface area contributed by atoms with E-state index < -0.39 is 17.9 Å². The molecule has 3 N–H and O–H groups in total. The van der Waals surface area contributed by atoms with Crippen LogP contribution in [0.1, 0.15) is 41.3 Å². The molecule has 7 rings (SSSR count). The topological polar surface area (TPSA) is 138 Å². The number of aromatic amines is 1. The highest BCUT2D eigenvalue weighted by Crippen LogP contribution is 2.35. The molecule has 0 atom stereocenters. The van der Waals surface area contributed by atoms with Gasteiger partial charge in [-0.3, -0.25) is 19.3 Å².